The number of hydrogen-bond acceptors (Lipinski definition) is 2. The molecule has 0 bridgehead atoms. The van der Waals surface area contributed by atoms with Gasteiger partial charge < -0.3 is 9.88 Å². The summed E-state index contributed by atoms with van der Waals surface area (Å²) in [6, 6.07) is 9.48. The quantitative estimate of drug-likeness (QED) is 0.874. The Kier molecular flexibility index (Phi) is 4.06. The van der Waals surface area contributed by atoms with Crippen LogP contribution in [0.2, 0.25) is 0 Å². The Morgan fingerprint density at radius 1 is 1.32 bits per heavy atom. The van der Waals surface area contributed by atoms with E-state index in [2.05, 4.69) is 4.98 Å². The average Bonchev–Trinajstić information content (AvgIpc) is 2.41. The number of halogens is 1. The number of aromatic nitrogens is 1. The van der Waals surface area contributed by atoms with Crippen LogP contribution in [0.5, 0.6) is 0 Å². The number of carbonyl (C=O) groups is 1. The van der Waals surface area contributed by atoms with Crippen LogP contribution in [0.25, 0.3) is 0 Å². The summed E-state index contributed by atoms with van der Waals surface area (Å²) in [7, 11) is 1.69. The molecule has 0 aliphatic heterocycles. The SMILES string of the molecule is CN(Cc1ccc(F)cc1)C(=O)c1ccc[nH]c1=S. The molecular weight excluding hydrogens is 263 g/mol. The third-order valence-electron chi connectivity index (χ3n) is 2.73. The highest BCUT2D eigenvalue weighted by Gasteiger charge is 2.13. The Morgan fingerprint density at radius 2 is 2.00 bits per heavy atom. The minimum atomic E-state index is -0.289. The first-order chi connectivity index (χ1) is 9.08. The van der Waals surface area contributed by atoms with Crippen molar-refractivity contribution in [1.82, 2.24) is 9.88 Å². The predicted molar refractivity (Wildman–Crippen MR) is 73.8 cm³/mol. The molecule has 2 rings (SSSR count). The van der Waals surface area contributed by atoms with Gasteiger partial charge in [-0.25, -0.2) is 4.39 Å². The van der Waals surface area contributed by atoms with E-state index in [1.54, 1.807) is 42.4 Å². The lowest BCUT2D eigenvalue weighted by Crippen LogP contribution is -2.26. The zero-order valence-electron chi connectivity index (χ0n) is 10.4. The van der Waals surface area contributed by atoms with Gasteiger partial charge in [-0.05, 0) is 29.8 Å². The molecule has 1 heterocycles. The molecule has 1 amide bonds. The van der Waals surface area contributed by atoms with Gasteiger partial charge in [0.1, 0.15) is 10.5 Å². The van der Waals surface area contributed by atoms with Crippen LogP contribution in [-0.4, -0.2) is 22.8 Å². The third kappa shape index (κ3) is 3.26. The van der Waals surface area contributed by atoms with E-state index in [1.165, 1.54) is 12.1 Å². The summed E-state index contributed by atoms with van der Waals surface area (Å²) in [6.45, 7) is 0.406. The van der Waals surface area contributed by atoms with E-state index < -0.39 is 0 Å². The van der Waals surface area contributed by atoms with Gasteiger partial charge in [-0.2, -0.15) is 0 Å². The molecule has 0 saturated carbocycles. The Balaban J connectivity index is 2.14. The molecule has 0 aliphatic carbocycles. The lowest BCUT2D eigenvalue weighted by Gasteiger charge is -2.17. The summed E-state index contributed by atoms with van der Waals surface area (Å²) in [6.07, 6.45) is 1.68. The number of aromatic amines is 1. The summed E-state index contributed by atoms with van der Waals surface area (Å²) in [4.78, 5) is 16.6. The molecule has 0 saturated heterocycles. The standard InChI is InChI=1S/C14H13FN2OS/c1-17(9-10-4-6-11(15)7-5-10)14(18)12-3-2-8-16-13(12)19/h2-8H,9H2,1H3,(H,16,19). The minimum Gasteiger partial charge on any atom is -0.352 e. The number of nitrogens with one attached hydrogen (secondary N) is 1. The number of benzene rings is 1. The number of rotatable bonds is 3. The lowest BCUT2D eigenvalue weighted by molar-refractivity contribution is 0.0784. The van der Waals surface area contributed by atoms with Crippen LogP contribution in [0.3, 0.4) is 0 Å². The van der Waals surface area contributed by atoms with Crippen molar-refractivity contribution in [2.24, 2.45) is 0 Å². The largest absolute Gasteiger partial charge is 0.352 e. The summed E-state index contributed by atoms with van der Waals surface area (Å²) in [5.74, 6) is -0.450. The minimum absolute atomic E-state index is 0.161. The van der Waals surface area contributed by atoms with Crippen LogP contribution in [0, 0.1) is 10.5 Å². The van der Waals surface area contributed by atoms with E-state index in [4.69, 9.17) is 12.2 Å². The fourth-order valence-corrected chi connectivity index (χ4v) is 1.95. The van der Waals surface area contributed by atoms with Crippen molar-refractivity contribution in [3.8, 4) is 0 Å². The maximum absolute atomic E-state index is 12.8. The molecular formula is C14H13FN2OS. The van der Waals surface area contributed by atoms with E-state index in [9.17, 15) is 9.18 Å². The smallest absolute Gasteiger partial charge is 0.256 e. The predicted octanol–water partition coefficient (Wildman–Crippen LogP) is 3.16. The summed E-state index contributed by atoms with van der Waals surface area (Å²) in [5.41, 5.74) is 1.32. The molecule has 0 atom stereocenters. The third-order valence-corrected chi connectivity index (χ3v) is 3.07. The Bertz CT molecular complexity index is 636. The van der Waals surface area contributed by atoms with Gasteiger partial charge in [0.15, 0.2) is 0 Å². The fourth-order valence-electron chi connectivity index (χ4n) is 1.73. The second-order valence-electron chi connectivity index (χ2n) is 4.20. The highest BCUT2D eigenvalue weighted by Crippen LogP contribution is 2.09. The number of nitrogens with zero attached hydrogens (tertiary/aromatic N) is 1. The Hall–Kier alpha value is -2.01. The Morgan fingerprint density at radius 3 is 2.63 bits per heavy atom. The van der Waals surface area contributed by atoms with Crippen LogP contribution in [0.15, 0.2) is 42.6 Å². The molecule has 2 aromatic rings. The number of amides is 1. The van der Waals surface area contributed by atoms with Gasteiger partial charge in [-0.1, -0.05) is 24.4 Å². The van der Waals surface area contributed by atoms with E-state index in [1.807, 2.05) is 0 Å². The van der Waals surface area contributed by atoms with Crippen LogP contribution in [-0.2, 0) is 6.54 Å². The van der Waals surface area contributed by atoms with Crippen molar-refractivity contribution >= 4 is 18.1 Å². The molecule has 19 heavy (non-hydrogen) atoms. The maximum atomic E-state index is 12.8. The number of carbonyl (C=O) groups excluding carboxylic acids is 1. The van der Waals surface area contributed by atoms with Gasteiger partial charge in [-0.3, -0.25) is 4.79 Å². The first-order valence-corrected chi connectivity index (χ1v) is 6.16. The van der Waals surface area contributed by atoms with Gasteiger partial charge in [0.25, 0.3) is 5.91 Å². The molecule has 0 fully saturated rings. The molecule has 1 aromatic heterocycles. The van der Waals surface area contributed by atoms with E-state index >= 15 is 0 Å². The van der Waals surface area contributed by atoms with Crippen molar-refractivity contribution in [2.45, 2.75) is 6.54 Å². The maximum Gasteiger partial charge on any atom is 0.256 e. The monoisotopic (exact) mass is 276 g/mol. The van der Waals surface area contributed by atoms with Crippen molar-refractivity contribution in [1.29, 1.82) is 0 Å². The second-order valence-corrected chi connectivity index (χ2v) is 4.61. The van der Waals surface area contributed by atoms with Gasteiger partial charge in [0.05, 0.1) is 5.56 Å². The molecule has 1 aromatic carbocycles. The lowest BCUT2D eigenvalue weighted by atomic mass is 10.2. The van der Waals surface area contributed by atoms with E-state index in [-0.39, 0.29) is 11.7 Å². The number of H-pyrrole nitrogens is 1. The zero-order valence-corrected chi connectivity index (χ0v) is 11.2. The van der Waals surface area contributed by atoms with Crippen LogP contribution in [0.4, 0.5) is 4.39 Å². The van der Waals surface area contributed by atoms with Crippen LogP contribution >= 0.6 is 12.2 Å². The summed E-state index contributed by atoms with van der Waals surface area (Å²) in [5, 5.41) is 0. The van der Waals surface area contributed by atoms with Crippen molar-refractivity contribution in [3.63, 3.8) is 0 Å². The number of hydrogen-bond donors (Lipinski definition) is 1. The highest BCUT2D eigenvalue weighted by atomic mass is 32.1. The molecule has 98 valence electrons. The average molecular weight is 276 g/mol. The van der Waals surface area contributed by atoms with Crippen molar-refractivity contribution in [3.05, 3.63) is 64.2 Å². The first-order valence-electron chi connectivity index (χ1n) is 5.75. The van der Waals surface area contributed by atoms with Crippen molar-refractivity contribution in [2.75, 3.05) is 7.05 Å². The number of pyridine rings is 1. The molecule has 0 spiro atoms. The summed E-state index contributed by atoms with van der Waals surface area (Å²) >= 11 is 5.08. The van der Waals surface area contributed by atoms with Gasteiger partial charge in [-0.15, -0.1) is 0 Å². The summed E-state index contributed by atoms with van der Waals surface area (Å²) < 4.78 is 13.2. The zero-order chi connectivity index (χ0) is 13.8. The second kappa shape index (κ2) is 5.75. The normalized spacial score (nSPS) is 10.2. The highest BCUT2D eigenvalue weighted by molar-refractivity contribution is 7.71. The van der Waals surface area contributed by atoms with Gasteiger partial charge in [0.2, 0.25) is 0 Å². The molecule has 0 aliphatic rings. The Labute approximate surface area is 115 Å². The molecule has 0 unspecified atom stereocenters. The van der Waals surface area contributed by atoms with Gasteiger partial charge >= 0.3 is 0 Å². The topological polar surface area (TPSA) is 36.1 Å². The van der Waals surface area contributed by atoms with Crippen LogP contribution < -0.4 is 0 Å². The molecule has 3 nitrogen and oxygen atoms in total. The first kappa shape index (κ1) is 13.4. The van der Waals surface area contributed by atoms with Crippen molar-refractivity contribution < 1.29 is 9.18 Å². The van der Waals surface area contributed by atoms with E-state index in [0.717, 1.165) is 5.56 Å². The van der Waals surface area contributed by atoms with E-state index in [0.29, 0.717) is 16.7 Å². The van der Waals surface area contributed by atoms with Gasteiger partial charge in [0, 0.05) is 19.8 Å². The fraction of sp³-hybridized carbons (Fsp3) is 0.143. The molecule has 1 N–H and O–H groups in total. The molecule has 5 heteroatoms. The molecule has 0 radical (unpaired) electrons. The van der Waals surface area contributed by atoms with Crippen LogP contribution in [0.1, 0.15) is 15.9 Å².